The Labute approximate surface area is 103 Å². The molecule has 17 heavy (non-hydrogen) atoms. The number of nitrogens with zero attached hydrogens (tertiary/aromatic N) is 2. The Hall–Kier alpha value is -1.79. The highest BCUT2D eigenvalue weighted by atomic mass is 35.5. The maximum atomic E-state index is 5.91. The average molecular weight is 255 g/mol. The van der Waals surface area contributed by atoms with Crippen LogP contribution in [0.25, 0.3) is 0 Å². The molecule has 0 atom stereocenters. The fourth-order valence-corrected chi connectivity index (χ4v) is 1.44. The van der Waals surface area contributed by atoms with Crippen LogP contribution in [-0.2, 0) is 6.54 Å². The van der Waals surface area contributed by atoms with E-state index in [2.05, 4.69) is 15.5 Å². The number of nitrogens with two attached hydrogens (primary N) is 1. The molecule has 0 amide bonds. The quantitative estimate of drug-likeness (QED) is 0.867. The minimum atomic E-state index is 0.207. The largest absolute Gasteiger partial charge is 0.495 e. The van der Waals surface area contributed by atoms with Gasteiger partial charge in [0.05, 0.1) is 18.7 Å². The Morgan fingerprint density at radius 2 is 2.29 bits per heavy atom. The third kappa shape index (κ3) is 2.66. The molecular formula is C10H11ClN4O2. The minimum Gasteiger partial charge on any atom is -0.495 e. The third-order valence-electron chi connectivity index (χ3n) is 2.04. The molecule has 0 unspecified atom stereocenters. The molecule has 0 saturated heterocycles. The summed E-state index contributed by atoms with van der Waals surface area (Å²) < 4.78 is 10.3. The number of hydrogen-bond donors (Lipinski definition) is 2. The smallest absolute Gasteiger partial charge is 0.320 e. The van der Waals surface area contributed by atoms with Crippen LogP contribution in [0.5, 0.6) is 5.75 Å². The summed E-state index contributed by atoms with van der Waals surface area (Å²) in [6.07, 6.45) is 0. The van der Waals surface area contributed by atoms with Gasteiger partial charge in [0.2, 0.25) is 5.89 Å². The molecule has 1 aromatic carbocycles. The lowest BCUT2D eigenvalue weighted by Gasteiger charge is -2.06. The molecule has 0 aliphatic rings. The Balaban J connectivity index is 2.18. The number of anilines is 2. The molecule has 1 aromatic heterocycles. The summed E-state index contributed by atoms with van der Waals surface area (Å²) in [4.78, 5) is 0. The molecule has 0 radical (unpaired) electrons. The predicted octanol–water partition coefficient (Wildman–Crippen LogP) is 1.93. The van der Waals surface area contributed by atoms with Crippen LogP contribution in [0.4, 0.5) is 11.7 Å². The van der Waals surface area contributed by atoms with E-state index in [0.717, 1.165) is 5.69 Å². The van der Waals surface area contributed by atoms with E-state index in [1.807, 2.05) is 0 Å². The lowest BCUT2D eigenvalue weighted by molar-refractivity contribution is 0.415. The van der Waals surface area contributed by atoms with E-state index in [1.54, 1.807) is 25.3 Å². The van der Waals surface area contributed by atoms with Gasteiger partial charge in [-0.3, -0.25) is 0 Å². The van der Waals surface area contributed by atoms with Gasteiger partial charge >= 0.3 is 6.01 Å². The summed E-state index contributed by atoms with van der Waals surface area (Å²) in [5.74, 6) is 0.934. The molecule has 3 N–H and O–H groups in total. The molecule has 0 saturated carbocycles. The van der Waals surface area contributed by atoms with E-state index in [4.69, 9.17) is 26.5 Å². The van der Waals surface area contributed by atoms with Gasteiger partial charge < -0.3 is 20.2 Å². The molecule has 0 bridgehead atoms. The molecular weight excluding hydrogens is 244 g/mol. The predicted molar refractivity (Wildman–Crippen MR) is 63.5 cm³/mol. The molecule has 0 fully saturated rings. The first-order chi connectivity index (χ1) is 8.22. The van der Waals surface area contributed by atoms with Gasteiger partial charge in [-0.2, -0.15) is 0 Å². The Morgan fingerprint density at radius 3 is 2.94 bits per heavy atom. The first-order valence-electron chi connectivity index (χ1n) is 4.86. The Kier molecular flexibility index (Phi) is 3.46. The average Bonchev–Trinajstić information content (AvgIpc) is 2.79. The van der Waals surface area contributed by atoms with Gasteiger partial charge in [-0.15, -0.1) is 5.10 Å². The van der Waals surface area contributed by atoms with Crippen molar-refractivity contribution >= 4 is 23.3 Å². The highest BCUT2D eigenvalue weighted by Crippen LogP contribution is 2.28. The van der Waals surface area contributed by atoms with E-state index in [-0.39, 0.29) is 12.6 Å². The number of rotatable bonds is 4. The van der Waals surface area contributed by atoms with Crippen LogP contribution in [0.2, 0.25) is 5.02 Å². The van der Waals surface area contributed by atoms with E-state index in [0.29, 0.717) is 16.7 Å². The second-order valence-electron chi connectivity index (χ2n) is 3.18. The van der Waals surface area contributed by atoms with E-state index < -0.39 is 0 Å². The van der Waals surface area contributed by atoms with Gasteiger partial charge in [0, 0.05) is 11.8 Å². The summed E-state index contributed by atoms with van der Waals surface area (Å²) in [5, 5.41) is 11.0. The van der Waals surface area contributed by atoms with E-state index in [9.17, 15) is 0 Å². The number of hydrogen-bond acceptors (Lipinski definition) is 6. The summed E-state index contributed by atoms with van der Waals surface area (Å²) in [5.41, 5.74) is 6.10. The number of ether oxygens (including phenoxy) is 1. The van der Waals surface area contributed by atoms with E-state index in [1.165, 1.54) is 0 Å². The SMILES string of the molecule is COc1cc(Nc2nnc(CN)o2)ccc1Cl. The number of benzene rings is 1. The van der Waals surface area contributed by atoms with Crippen molar-refractivity contribution in [2.45, 2.75) is 6.54 Å². The van der Waals surface area contributed by atoms with Crippen molar-refractivity contribution in [2.75, 3.05) is 12.4 Å². The molecule has 0 aliphatic carbocycles. The third-order valence-corrected chi connectivity index (χ3v) is 2.36. The van der Waals surface area contributed by atoms with Crippen LogP contribution in [0.15, 0.2) is 22.6 Å². The van der Waals surface area contributed by atoms with Crippen LogP contribution in [0.1, 0.15) is 5.89 Å². The fraction of sp³-hybridized carbons (Fsp3) is 0.200. The molecule has 0 spiro atoms. The maximum absolute atomic E-state index is 5.91. The highest BCUT2D eigenvalue weighted by Gasteiger charge is 2.06. The number of methoxy groups -OCH3 is 1. The zero-order valence-corrected chi connectivity index (χ0v) is 9.86. The van der Waals surface area contributed by atoms with Gasteiger partial charge in [0.25, 0.3) is 0 Å². The van der Waals surface area contributed by atoms with Gasteiger partial charge in [0.15, 0.2) is 0 Å². The Morgan fingerprint density at radius 1 is 1.47 bits per heavy atom. The summed E-state index contributed by atoms with van der Waals surface area (Å²) in [6.45, 7) is 0.207. The van der Waals surface area contributed by atoms with Crippen molar-refractivity contribution in [1.29, 1.82) is 0 Å². The standard InChI is InChI=1S/C10H11ClN4O2/c1-16-8-4-6(2-3-7(8)11)13-10-15-14-9(5-12)17-10/h2-4H,5,12H2,1H3,(H,13,15). The number of halogens is 1. The highest BCUT2D eigenvalue weighted by molar-refractivity contribution is 6.32. The second-order valence-corrected chi connectivity index (χ2v) is 3.59. The maximum Gasteiger partial charge on any atom is 0.320 e. The molecule has 7 heteroatoms. The molecule has 2 aromatic rings. The zero-order chi connectivity index (χ0) is 12.3. The van der Waals surface area contributed by atoms with Crippen molar-refractivity contribution in [3.63, 3.8) is 0 Å². The fourth-order valence-electron chi connectivity index (χ4n) is 1.25. The summed E-state index contributed by atoms with van der Waals surface area (Å²) >= 11 is 5.91. The second kappa shape index (κ2) is 5.03. The van der Waals surface area contributed by atoms with Crippen molar-refractivity contribution < 1.29 is 9.15 Å². The topological polar surface area (TPSA) is 86.2 Å². The Bertz CT molecular complexity index is 515. The van der Waals surface area contributed by atoms with E-state index >= 15 is 0 Å². The van der Waals surface area contributed by atoms with Crippen molar-refractivity contribution in [1.82, 2.24) is 10.2 Å². The first-order valence-corrected chi connectivity index (χ1v) is 5.23. The van der Waals surface area contributed by atoms with Crippen molar-refractivity contribution in [3.05, 3.63) is 29.1 Å². The van der Waals surface area contributed by atoms with Gasteiger partial charge in [0.1, 0.15) is 5.75 Å². The molecule has 2 rings (SSSR count). The lowest BCUT2D eigenvalue weighted by atomic mass is 10.3. The zero-order valence-electron chi connectivity index (χ0n) is 9.11. The number of nitrogens with one attached hydrogen (secondary N) is 1. The molecule has 6 nitrogen and oxygen atoms in total. The van der Waals surface area contributed by atoms with Gasteiger partial charge in [-0.25, -0.2) is 0 Å². The van der Waals surface area contributed by atoms with Crippen LogP contribution < -0.4 is 15.8 Å². The monoisotopic (exact) mass is 254 g/mol. The number of aromatic nitrogens is 2. The van der Waals surface area contributed by atoms with Crippen LogP contribution in [-0.4, -0.2) is 17.3 Å². The van der Waals surface area contributed by atoms with Crippen molar-refractivity contribution in [3.8, 4) is 5.75 Å². The lowest BCUT2D eigenvalue weighted by Crippen LogP contribution is -1.95. The minimum absolute atomic E-state index is 0.207. The molecule has 1 heterocycles. The summed E-state index contributed by atoms with van der Waals surface area (Å²) in [6, 6.07) is 5.49. The normalized spacial score (nSPS) is 10.3. The van der Waals surface area contributed by atoms with Crippen molar-refractivity contribution in [2.24, 2.45) is 5.73 Å². The van der Waals surface area contributed by atoms with Crippen LogP contribution in [0.3, 0.4) is 0 Å². The van der Waals surface area contributed by atoms with Gasteiger partial charge in [-0.1, -0.05) is 16.7 Å². The van der Waals surface area contributed by atoms with Crippen LogP contribution >= 0.6 is 11.6 Å². The molecule has 0 aliphatic heterocycles. The summed E-state index contributed by atoms with van der Waals surface area (Å²) in [7, 11) is 1.55. The van der Waals surface area contributed by atoms with Crippen LogP contribution in [0, 0.1) is 0 Å². The first kappa shape index (κ1) is 11.7. The molecule has 90 valence electrons. The van der Waals surface area contributed by atoms with Gasteiger partial charge in [-0.05, 0) is 12.1 Å².